The van der Waals surface area contributed by atoms with Crippen LogP contribution < -0.4 is 0 Å². The molecule has 0 aliphatic rings. The van der Waals surface area contributed by atoms with E-state index in [1.807, 2.05) is 31.3 Å². The molecule has 0 aliphatic heterocycles. The van der Waals surface area contributed by atoms with Gasteiger partial charge in [-0.25, -0.2) is 9.07 Å². The van der Waals surface area contributed by atoms with Crippen LogP contribution >= 0.6 is 23.8 Å². The number of hydrogen-bond acceptors (Lipinski definition) is 3. The molecule has 0 saturated carbocycles. The van der Waals surface area contributed by atoms with Gasteiger partial charge in [-0.05, 0) is 61.2 Å². The van der Waals surface area contributed by atoms with Gasteiger partial charge in [0.15, 0.2) is 5.82 Å². The highest BCUT2D eigenvalue weighted by atomic mass is 35.5. The first-order valence-electron chi connectivity index (χ1n) is 7.37. The van der Waals surface area contributed by atoms with Gasteiger partial charge in [0.25, 0.3) is 0 Å². The van der Waals surface area contributed by atoms with Crippen LogP contribution in [0.1, 0.15) is 5.56 Å². The van der Waals surface area contributed by atoms with E-state index in [4.69, 9.17) is 23.8 Å². The van der Waals surface area contributed by atoms with Crippen LogP contribution in [0.2, 0.25) is 5.02 Å². The number of halogens is 2. The molecule has 0 aliphatic carbocycles. The highest BCUT2D eigenvalue weighted by molar-refractivity contribution is 7.71. The quantitative estimate of drug-likeness (QED) is 0.679. The van der Waals surface area contributed by atoms with Gasteiger partial charge in [0.2, 0.25) is 4.77 Å². The topological polar surface area (TPSA) is 36.9 Å². The lowest BCUT2D eigenvalue weighted by Crippen LogP contribution is -2.22. The fourth-order valence-electron chi connectivity index (χ4n) is 2.38. The van der Waals surface area contributed by atoms with Gasteiger partial charge in [-0.1, -0.05) is 23.7 Å². The molecular weight excluding hydrogens is 347 g/mol. The Balaban J connectivity index is 1.72. The minimum Gasteiger partial charge on any atom is -0.283 e. The molecule has 0 unspecified atom stereocenters. The second-order valence-electron chi connectivity index (χ2n) is 5.57. The largest absolute Gasteiger partial charge is 0.283 e. The first kappa shape index (κ1) is 16.8. The summed E-state index contributed by atoms with van der Waals surface area (Å²) in [7, 11) is 1.97. The molecule has 0 fully saturated rings. The van der Waals surface area contributed by atoms with E-state index in [1.165, 1.54) is 12.1 Å². The van der Waals surface area contributed by atoms with Crippen molar-refractivity contribution in [3.8, 4) is 11.4 Å². The molecule has 1 N–H and O–H groups in total. The van der Waals surface area contributed by atoms with Crippen LogP contribution in [0.4, 0.5) is 4.39 Å². The van der Waals surface area contributed by atoms with Gasteiger partial charge in [-0.3, -0.25) is 10.00 Å². The maximum absolute atomic E-state index is 13.0. The molecule has 1 heterocycles. The molecule has 1 aromatic heterocycles. The summed E-state index contributed by atoms with van der Waals surface area (Å²) < 4.78 is 15.2. The van der Waals surface area contributed by atoms with Gasteiger partial charge in [0, 0.05) is 17.1 Å². The predicted octanol–water partition coefficient (Wildman–Crippen LogP) is 4.49. The summed E-state index contributed by atoms with van der Waals surface area (Å²) >= 11 is 11.2. The minimum atomic E-state index is -0.232. The maximum Gasteiger partial charge on any atom is 0.217 e. The van der Waals surface area contributed by atoms with Crippen molar-refractivity contribution in [1.82, 2.24) is 19.7 Å². The molecule has 3 rings (SSSR count). The number of rotatable bonds is 5. The second kappa shape index (κ2) is 7.25. The zero-order chi connectivity index (χ0) is 17.1. The third-order valence-corrected chi connectivity index (χ3v) is 4.11. The molecule has 0 radical (unpaired) electrons. The molecule has 0 amide bonds. The molecule has 7 heteroatoms. The number of nitrogens with zero attached hydrogens (tertiary/aromatic N) is 3. The van der Waals surface area contributed by atoms with E-state index in [0.717, 1.165) is 11.1 Å². The van der Waals surface area contributed by atoms with Crippen molar-refractivity contribution < 1.29 is 4.39 Å². The maximum atomic E-state index is 13.0. The van der Waals surface area contributed by atoms with Crippen molar-refractivity contribution in [2.75, 3.05) is 7.05 Å². The Morgan fingerprint density at radius 2 is 1.83 bits per heavy atom. The first-order chi connectivity index (χ1) is 11.5. The van der Waals surface area contributed by atoms with Gasteiger partial charge >= 0.3 is 0 Å². The third kappa shape index (κ3) is 4.08. The lowest BCUT2D eigenvalue weighted by molar-refractivity contribution is 0.244. The van der Waals surface area contributed by atoms with Crippen molar-refractivity contribution in [3.05, 3.63) is 69.7 Å². The Kier molecular flexibility index (Phi) is 5.08. The molecule has 124 valence electrons. The smallest absolute Gasteiger partial charge is 0.217 e. The SMILES string of the molecule is CN(Cc1ccc(F)cc1)Cn1[nH]c(-c2ccc(Cl)cc2)nc1=S. The van der Waals surface area contributed by atoms with Crippen LogP contribution in [-0.4, -0.2) is 26.7 Å². The number of nitrogens with one attached hydrogen (secondary N) is 1. The standard InChI is InChI=1S/C17H16ClFN4S/c1-22(10-12-2-8-15(19)9-3-12)11-23-17(24)20-16(21-23)13-4-6-14(18)7-5-13/h2-9H,10-11H2,1H3,(H,20,21,24). The third-order valence-electron chi connectivity index (χ3n) is 3.55. The normalized spacial score (nSPS) is 11.2. The number of benzene rings is 2. The van der Waals surface area contributed by atoms with E-state index >= 15 is 0 Å². The van der Waals surface area contributed by atoms with Gasteiger partial charge in [-0.2, -0.15) is 4.98 Å². The van der Waals surface area contributed by atoms with E-state index < -0.39 is 0 Å². The Hall–Kier alpha value is -2.02. The lowest BCUT2D eigenvalue weighted by atomic mass is 10.2. The van der Waals surface area contributed by atoms with Crippen molar-refractivity contribution >= 4 is 23.8 Å². The van der Waals surface area contributed by atoms with Gasteiger partial charge in [0.05, 0.1) is 6.67 Å². The van der Waals surface area contributed by atoms with Crippen LogP contribution in [-0.2, 0) is 13.2 Å². The summed E-state index contributed by atoms with van der Waals surface area (Å²) in [6, 6.07) is 13.9. The molecular formula is C17H16ClFN4S. The Bertz CT molecular complexity index is 871. The number of hydrogen-bond donors (Lipinski definition) is 1. The monoisotopic (exact) mass is 362 g/mol. The number of H-pyrrole nitrogens is 1. The highest BCUT2D eigenvalue weighted by Crippen LogP contribution is 2.18. The van der Waals surface area contributed by atoms with Crippen molar-refractivity contribution in [2.24, 2.45) is 0 Å². The molecule has 0 saturated heterocycles. The van der Waals surface area contributed by atoms with E-state index in [9.17, 15) is 4.39 Å². The minimum absolute atomic E-state index is 0.232. The fraction of sp³-hybridized carbons (Fsp3) is 0.176. The molecule has 24 heavy (non-hydrogen) atoms. The average Bonchev–Trinajstić information content (AvgIpc) is 2.91. The van der Waals surface area contributed by atoms with E-state index in [1.54, 1.807) is 16.8 Å². The van der Waals surface area contributed by atoms with E-state index in [0.29, 0.717) is 28.8 Å². The number of aromatic nitrogens is 3. The predicted molar refractivity (Wildman–Crippen MR) is 95.7 cm³/mol. The van der Waals surface area contributed by atoms with Crippen LogP contribution in [0, 0.1) is 10.6 Å². The average molecular weight is 363 g/mol. The molecule has 0 bridgehead atoms. The second-order valence-corrected chi connectivity index (χ2v) is 6.37. The molecule has 2 aromatic carbocycles. The van der Waals surface area contributed by atoms with Crippen molar-refractivity contribution in [1.29, 1.82) is 0 Å². The van der Waals surface area contributed by atoms with Crippen LogP contribution in [0.15, 0.2) is 48.5 Å². The van der Waals surface area contributed by atoms with Crippen molar-refractivity contribution in [3.63, 3.8) is 0 Å². The fourth-order valence-corrected chi connectivity index (χ4v) is 2.70. The summed E-state index contributed by atoms with van der Waals surface area (Å²) in [4.78, 5) is 6.45. The zero-order valence-electron chi connectivity index (χ0n) is 13.0. The molecule has 4 nitrogen and oxygen atoms in total. The lowest BCUT2D eigenvalue weighted by Gasteiger charge is -2.16. The highest BCUT2D eigenvalue weighted by Gasteiger charge is 2.08. The van der Waals surface area contributed by atoms with Gasteiger partial charge < -0.3 is 0 Å². The van der Waals surface area contributed by atoms with Crippen molar-refractivity contribution in [2.45, 2.75) is 13.2 Å². The Morgan fingerprint density at radius 3 is 2.50 bits per heavy atom. The molecule has 0 atom stereocenters. The number of aromatic amines is 1. The van der Waals surface area contributed by atoms with E-state index in [-0.39, 0.29) is 5.82 Å². The van der Waals surface area contributed by atoms with E-state index in [2.05, 4.69) is 15.0 Å². The summed E-state index contributed by atoms with van der Waals surface area (Å²) in [6.45, 7) is 1.23. The first-order valence-corrected chi connectivity index (χ1v) is 8.15. The van der Waals surface area contributed by atoms with Crippen LogP contribution in [0.3, 0.4) is 0 Å². The summed E-state index contributed by atoms with van der Waals surface area (Å²) in [6.07, 6.45) is 0. The Morgan fingerprint density at radius 1 is 1.17 bits per heavy atom. The summed E-state index contributed by atoms with van der Waals surface area (Å²) in [5.74, 6) is 0.469. The Labute approximate surface area is 149 Å². The molecule has 3 aromatic rings. The summed E-state index contributed by atoms with van der Waals surface area (Å²) in [5.41, 5.74) is 1.95. The van der Waals surface area contributed by atoms with Gasteiger partial charge in [0.1, 0.15) is 5.82 Å². The van der Waals surface area contributed by atoms with Gasteiger partial charge in [-0.15, -0.1) is 0 Å². The molecule has 0 spiro atoms. The zero-order valence-corrected chi connectivity index (χ0v) is 14.6. The van der Waals surface area contributed by atoms with Crippen LogP contribution in [0.25, 0.3) is 11.4 Å². The van der Waals surface area contributed by atoms with Crippen LogP contribution in [0.5, 0.6) is 0 Å². The summed E-state index contributed by atoms with van der Waals surface area (Å²) in [5, 5.41) is 3.88.